The van der Waals surface area contributed by atoms with Gasteiger partial charge in [-0.05, 0) is 17.7 Å². The minimum atomic E-state index is 0.889. The van der Waals surface area contributed by atoms with Gasteiger partial charge in [0.2, 0.25) is 0 Å². The maximum absolute atomic E-state index is 5.97. The SMILES string of the molecule is CCc1cc(-c2ccccc2)cc(-c2ccccc2)[o+]1. The zero-order valence-corrected chi connectivity index (χ0v) is 11.5. The van der Waals surface area contributed by atoms with Crippen molar-refractivity contribution in [2.24, 2.45) is 0 Å². The summed E-state index contributed by atoms with van der Waals surface area (Å²) >= 11 is 0. The van der Waals surface area contributed by atoms with E-state index in [2.05, 4.69) is 55.5 Å². The van der Waals surface area contributed by atoms with E-state index in [9.17, 15) is 0 Å². The maximum Gasteiger partial charge on any atom is 0.360 e. The Kier molecular flexibility index (Phi) is 3.60. The predicted octanol–water partition coefficient (Wildman–Crippen LogP) is 5.46. The molecule has 0 aliphatic heterocycles. The lowest BCUT2D eigenvalue weighted by Gasteiger charge is -2.00. The third-order valence-electron chi connectivity index (χ3n) is 3.36. The van der Waals surface area contributed by atoms with Gasteiger partial charge in [0.15, 0.2) is 0 Å². The van der Waals surface area contributed by atoms with Gasteiger partial charge in [-0.1, -0.05) is 55.5 Å². The summed E-state index contributed by atoms with van der Waals surface area (Å²) in [6.07, 6.45) is 0.889. The zero-order valence-electron chi connectivity index (χ0n) is 11.5. The molecule has 0 radical (unpaired) electrons. The van der Waals surface area contributed by atoms with E-state index in [4.69, 9.17) is 4.42 Å². The molecule has 0 fully saturated rings. The van der Waals surface area contributed by atoms with E-state index in [0.29, 0.717) is 0 Å². The largest absolute Gasteiger partial charge is 0.360 e. The molecule has 1 heteroatoms. The van der Waals surface area contributed by atoms with Crippen molar-refractivity contribution in [1.29, 1.82) is 0 Å². The van der Waals surface area contributed by atoms with Gasteiger partial charge < -0.3 is 0 Å². The molecule has 0 saturated carbocycles. The number of aryl methyl sites for hydroxylation is 1. The molecule has 1 nitrogen and oxygen atoms in total. The fourth-order valence-corrected chi connectivity index (χ4v) is 2.27. The molecule has 2 aromatic carbocycles. The quantitative estimate of drug-likeness (QED) is 0.570. The molecule has 3 aromatic rings. The summed E-state index contributed by atoms with van der Waals surface area (Å²) in [7, 11) is 0. The Hall–Kier alpha value is -2.41. The van der Waals surface area contributed by atoms with Crippen LogP contribution < -0.4 is 0 Å². The van der Waals surface area contributed by atoms with Crippen molar-refractivity contribution < 1.29 is 4.42 Å². The van der Waals surface area contributed by atoms with Crippen molar-refractivity contribution in [3.8, 4) is 22.5 Å². The Balaban J connectivity index is 2.13. The highest BCUT2D eigenvalue weighted by atomic mass is 16.3. The zero-order chi connectivity index (χ0) is 13.8. The summed E-state index contributed by atoms with van der Waals surface area (Å²) in [4.78, 5) is 0. The lowest BCUT2D eigenvalue weighted by Crippen LogP contribution is -1.87. The van der Waals surface area contributed by atoms with Gasteiger partial charge in [0, 0.05) is 11.6 Å². The normalized spacial score (nSPS) is 10.4. The minimum absolute atomic E-state index is 0.889. The first-order chi connectivity index (χ1) is 9.86. The average Bonchev–Trinajstić information content (AvgIpc) is 2.56. The Morgan fingerprint density at radius 1 is 0.700 bits per heavy atom. The van der Waals surface area contributed by atoms with Gasteiger partial charge >= 0.3 is 11.5 Å². The van der Waals surface area contributed by atoms with Gasteiger partial charge in [-0.15, -0.1) is 0 Å². The van der Waals surface area contributed by atoms with Crippen LogP contribution in [0.1, 0.15) is 12.7 Å². The monoisotopic (exact) mass is 261 g/mol. The topological polar surface area (TPSA) is 11.3 Å². The fraction of sp³-hybridized carbons (Fsp3) is 0.105. The molecule has 0 N–H and O–H groups in total. The molecule has 0 spiro atoms. The number of benzene rings is 2. The smallest absolute Gasteiger partial charge is 0.212 e. The van der Waals surface area contributed by atoms with Crippen LogP contribution in [-0.2, 0) is 6.42 Å². The van der Waals surface area contributed by atoms with Crippen molar-refractivity contribution in [1.82, 2.24) is 0 Å². The van der Waals surface area contributed by atoms with Crippen LogP contribution in [0.3, 0.4) is 0 Å². The summed E-state index contributed by atoms with van der Waals surface area (Å²) in [5, 5.41) is 0. The molecular formula is C19H17O+. The first kappa shape index (κ1) is 12.6. The van der Waals surface area contributed by atoms with Crippen LogP contribution in [0, 0.1) is 0 Å². The Bertz CT molecular complexity index is 630. The van der Waals surface area contributed by atoms with Gasteiger partial charge in [0.05, 0.1) is 18.1 Å². The van der Waals surface area contributed by atoms with E-state index < -0.39 is 0 Å². The van der Waals surface area contributed by atoms with Gasteiger partial charge in [-0.2, -0.15) is 0 Å². The third-order valence-corrected chi connectivity index (χ3v) is 3.36. The lowest BCUT2D eigenvalue weighted by molar-refractivity contribution is 0.513. The standard InChI is InChI=1S/C19H17O/c1-2-18-13-17(15-9-5-3-6-10-15)14-19(20-18)16-11-7-4-8-12-16/h3-14H,2H2,1H3/q+1. The molecule has 1 aromatic heterocycles. The Morgan fingerprint density at radius 3 is 1.90 bits per heavy atom. The summed E-state index contributed by atoms with van der Waals surface area (Å²) in [6, 6.07) is 24.9. The van der Waals surface area contributed by atoms with Gasteiger partial charge in [-0.3, -0.25) is 0 Å². The molecule has 3 rings (SSSR count). The van der Waals surface area contributed by atoms with Crippen molar-refractivity contribution in [3.05, 3.63) is 78.6 Å². The van der Waals surface area contributed by atoms with Crippen LogP contribution >= 0.6 is 0 Å². The van der Waals surface area contributed by atoms with Crippen molar-refractivity contribution >= 4 is 0 Å². The molecule has 0 saturated heterocycles. The molecule has 1 heterocycles. The van der Waals surface area contributed by atoms with Crippen LogP contribution in [0.4, 0.5) is 0 Å². The molecule has 0 unspecified atom stereocenters. The lowest BCUT2D eigenvalue weighted by atomic mass is 10.0. The summed E-state index contributed by atoms with van der Waals surface area (Å²) in [5.74, 6) is 1.93. The molecule has 0 amide bonds. The number of rotatable bonds is 3. The molecule has 0 aliphatic rings. The van der Waals surface area contributed by atoms with E-state index in [0.717, 1.165) is 23.5 Å². The molecular weight excluding hydrogens is 244 g/mol. The predicted molar refractivity (Wildman–Crippen MR) is 83.4 cm³/mol. The van der Waals surface area contributed by atoms with Gasteiger partial charge in [-0.25, -0.2) is 4.42 Å². The van der Waals surface area contributed by atoms with Crippen LogP contribution in [0.2, 0.25) is 0 Å². The molecule has 0 bridgehead atoms. The van der Waals surface area contributed by atoms with Crippen LogP contribution in [0.25, 0.3) is 22.5 Å². The van der Waals surface area contributed by atoms with Crippen LogP contribution in [-0.4, -0.2) is 0 Å². The number of hydrogen-bond donors (Lipinski definition) is 0. The van der Waals surface area contributed by atoms with Gasteiger partial charge in [0.1, 0.15) is 0 Å². The van der Waals surface area contributed by atoms with E-state index in [1.165, 1.54) is 11.1 Å². The number of hydrogen-bond acceptors (Lipinski definition) is 0. The summed E-state index contributed by atoms with van der Waals surface area (Å²) in [6.45, 7) is 2.11. The van der Waals surface area contributed by atoms with Crippen molar-refractivity contribution in [3.63, 3.8) is 0 Å². The molecule has 98 valence electrons. The van der Waals surface area contributed by atoms with E-state index in [1.807, 2.05) is 24.3 Å². The first-order valence-electron chi connectivity index (χ1n) is 6.94. The highest BCUT2D eigenvalue weighted by Gasteiger charge is 2.17. The molecule has 0 aliphatic carbocycles. The Labute approximate surface area is 119 Å². The van der Waals surface area contributed by atoms with E-state index in [1.54, 1.807) is 0 Å². The molecule has 0 atom stereocenters. The van der Waals surface area contributed by atoms with Crippen LogP contribution in [0.5, 0.6) is 0 Å². The highest BCUT2D eigenvalue weighted by molar-refractivity contribution is 5.69. The van der Waals surface area contributed by atoms with Gasteiger partial charge in [0.25, 0.3) is 0 Å². The van der Waals surface area contributed by atoms with Crippen LogP contribution in [0.15, 0.2) is 77.2 Å². The highest BCUT2D eigenvalue weighted by Crippen LogP contribution is 2.28. The summed E-state index contributed by atoms with van der Waals surface area (Å²) in [5.41, 5.74) is 3.53. The van der Waals surface area contributed by atoms with E-state index in [-0.39, 0.29) is 0 Å². The first-order valence-corrected chi connectivity index (χ1v) is 6.94. The van der Waals surface area contributed by atoms with E-state index >= 15 is 0 Å². The second kappa shape index (κ2) is 5.70. The second-order valence-corrected chi connectivity index (χ2v) is 4.76. The Morgan fingerprint density at radius 2 is 1.30 bits per heavy atom. The second-order valence-electron chi connectivity index (χ2n) is 4.76. The summed E-state index contributed by atoms with van der Waals surface area (Å²) < 4.78 is 5.97. The minimum Gasteiger partial charge on any atom is -0.212 e. The third kappa shape index (κ3) is 2.62. The fourth-order valence-electron chi connectivity index (χ4n) is 2.27. The maximum atomic E-state index is 5.97. The van der Waals surface area contributed by atoms with Crippen molar-refractivity contribution in [2.45, 2.75) is 13.3 Å². The molecule has 20 heavy (non-hydrogen) atoms. The van der Waals surface area contributed by atoms with Crippen molar-refractivity contribution in [2.75, 3.05) is 0 Å². The average molecular weight is 261 g/mol.